The van der Waals surface area contributed by atoms with Crippen molar-refractivity contribution in [2.24, 2.45) is 0 Å². The summed E-state index contributed by atoms with van der Waals surface area (Å²) in [5.74, 6) is -1.81. The molecule has 0 saturated heterocycles. The van der Waals surface area contributed by atoms with Gasteiger partial charge in [0.1, 0.15) is 6.61 Å². The molecule has 0 spiro atoms. The third kappa shape index (κ3) is 4.40. The highest BCUT2D eigenvalue weighted by molar-refractivity contribution is 5.87. The van der Waals surface area contributed by atoms with Crippen molar-refractivity contribution in [3.8, 4) is 5.75 Å². The van der Waals surface area contributed by atoms with E-state index in [0.29, 0.717) is 13.2 Å². The van der Waals surface area contributed by atoms with E-state index < -0.39 is 11.8 Å². The zero-order valence-electron chi connectivity index (χ0n) is 9.61. The lowest BCUT2D eigenvalue weighted by molar-refractivity contribution is 0.0696. The lowest BCUT2D eigenvalue weighted by Gasteiger charge is -2.07. The molecule has 1 aromatic carbocycles. The Bertz CT molecular complexity index is 379. The SMILES string of the molecule is CCCOCCOc1ccc(C(=O)O)cc1F. The molecule has 4 nitrogen and oxygen atoms in total. The smallest absolute Gasteiger partial charge is 0.335 e. The van der Waals surface area contributed by atoms with Gasteiger partial charge in [-0.2, -0.15) is 0 Å². The Kier molecular flexibility index (Phi) is 5.42. The highest BCUT2D eigenvalue weighted by atomic mass is 19.1. The number of carboxylic acid groups (broad SMARTS) is 1. The predicted octanol–water partition coefficient (Wildman–Crippen LogP) is 2.33. The third-order valence-corrected chi connectivity index (χ3v) is 2.01. The van der Waals surface area contributed by atoms with E-state index in [1.54, 1.807) is 0 Å². The molecule has 0 atom stereocenters. The van der Waals surface area contributed by atoms with Gasteiger partial charge in [0.25, 0.3) is 0 Å². The van der Waals surface area contributed by atoms with Crippen LogP contribution in [0.15, 0.2) is 18.2 Å². The highest BCUT2D eigenvalue weighted by Gasteiger charge is 2.08. The van der Waals surface area contributed by atoms with Crippen LogP contribution in [0, 0.1) is 5.82 Å². The first-order valence-corrected chi connectivity index (χ1v) is 5.38. The summed E-state index contributed by atoms with van der Waals surface area (Å²) in [6.45, 7) is 3.26. The molecule has 0 bridgehead atoms. The molecule has 0 amide bonds. The molecule has 1 aromatic rings. The summed E-state index contributed by atoms with van der Waals surface area (Å²) in [6, 6.07) is 3.54. The van der Waals surface area contributed by atoms with Crippen LogP contribution in [0.25, 0.3) is 0 Å². The van der Waals surface area contributed by atoms with Gasteiger partial charge in [-0.3, -0.25) is 0 Å². The average molecular weight is 242 g/mol. The first-order chi connectivity index (χ1) is 8.15. The van der Waals surface area contributed by atoms with Gasteiger partial charge in [0, 0.05) is 6.61 Å². The molecule has 0 radical (unpaired) electrons. The Labute approximate surface area is 99.0 Å². The average Bonchev–Trinajstić information content (AvgIpc) is 2.30. The molecule has 17 heavy (non-hydrogen) atoms. The van der Waals surface area contributed by atoms with Crippen molar-refractivity contribution >= 4 is 5.97 Å². The van der Waals surface area contributed by atoms with E-state index in [1.165, 1.54) is 12.1 Å². The lowest BCUT2D eigenvalue weighted by Crippen LogP contribution is -2.08. The first-order valence-electron chi connectivity index (χ1n) is 5.38. The van der Waals surface area contributed by atoms with Crippen LogP contribution in [0.2, 0.25) is 0 Å². The van der Waals surface area contributed by atoms with Crippen molar-refractivity contribution in [3.63, 3.8) is 0 Å². The predicted molar refractivity (Wildman–Crippen MR) is 60.0 cm³/mol. The van der Waals surface area contributed by atoms with Crippen LogP contribution in [0.1, 0.15) is 23.7 Å². The molecule has 94 valence electrons. The van der Waals surface area contributed by atoms with E-state index in [-0.39, 0.29) is 17.9 Å². The zero-order valence-corrected chi connectivity index (χ0v) is 9.61. The van der Waals surface area contributed by atoms with Gasteiger partial charge >= 0.3 is 5.97 Å². The number of carboxylic acids is 1. The molecule has 0 unspecified atom stereocenters. The Hall–Kier alpha value is -1.62. The second-order valence-electron chi connectivity index (χ2n) is 3.41. The van der Waals surface area contributed by atoms with E-state index >= 15 is 0 Å². The maximum atomic E-state index is 13.4. The van der Waals surface area contributed by atoms with Crippen molar-refractivity contribution in [2.45, 2.75) is 13.3 Å². The van der Waals surface area contributed by atoms with E-state index in [4.69, 9.17) is 14.6 Å². The first kappa shape index (κ1) is 13.4. The van der Waals surface area contributed by atoms with E-state index in [2.05, 4.69) is 0 Å². The Morgan fingerprint density at radius 2 is 2.12 bits per heavy atom. The summed E-state index contributed by atoms with van der Waals surface area (Å²) >= 11 is 0. The van der Waals surface area contributed by atoms with Gasteiger partial charge in [-0.25, -0.2) is 9.18 Å². The minimum atomic E-state index is -1.17. The number of halogens is 1. The number of hydrogen-bond acceptors (Lipinski definition) is 3. The molecular formula is C12H15FO4. The fourth-order valence-electron chi connectivity index (χ4n) is 1.21. The Morgan fingerprint density at radius 3 is 2.71 bits per heavy atom. The molecule has 0 heterocycles. The molecule has 0 saturated carbocycles. The fraction of sp³-hybridized carbons (Fsp3) is 0.417. The van der Waals surface area contributed by atoms with Crippen LogP contribution in [0.4, 0.5) is 4.39 Å². The minimum Gasteiger partial charge on any atom is -0.488 e. The number of carbonyl (C=O) groups is 1. The van der Waals surface area contributed by atoms with Crippen molar-refractivity contribution in [2.75, 3.05) is 19.8 Å². The maximum Gasteiger partial charge on any atom is 0.335 e. The monoisotopic (exact) mass is 242 g/mol. The summed E-state index contributed by atoms with van der Waals surface area (Å²) in [5, 5.41) is 8.65. The van der Waals surface area contributed by atoms with Gasteiger partial charge in [-0.1, -0.05) is 6.92 Å². The molecule has 0 aliphatic carbocycles. The maximum absolute atomic E-state index is 13.4. The second-order valence-corrected chi connectivity index (χ2v) is 3.41. The summed E-state index contributed by atoms with van der Waals surface area (Å²) in [7, 11) is 0. The van der Waals surface area contributed by atoms with Crippen LogP contribution in [-0.4, -0.2) is 30.9 Å². The van der Waals surface area contributed by atoms with Crippen LogP contribution in [0.3, 0.4) is 0 Å². The van der Waals surface area contributed by atoms with Gasteiger partial charge in [0.2, 0.25) is 0 Å². The normalized spacial score (nSPS) is 10.2. The number of ether oxygens (including phenoxy) is 2. The highest BCUT2D eigenvalue weighted by Crippen LogP contribution is 2.18. The van der Waals surface area contributed by atoms with E-state index in [0.717, 1.165) is 12.5 Å². The Balaban J connectivity index is 2.46. The number of benzene rings is 1. The van der Waals surface area contributed by atoms with Crippen LogP contribution < -0.4 is 4.74 Å². The molecule has 0 aliphatic rings. The van der Waals surface area contributed by atoms with Gasteiger partial charge in [-0.15, -0.1) is 0 Å². The number of rotatable bonds is 7. The molecule has 1 rings (SSSR count). The van der Waals surface area contributed by atoms with Crippen LogP contribution in [-0.2, 0) is 4.74 Å². The van der Waals surface area contributed by atoms with E-state index in [1.807, 2.05) is 6.92 Å². The molecular weight excluding hydrogens is 227 g/mol. The molecule has 0 aliphatic heterocycles. The summed E-state index contributed by atoms with van der Waals surface area (Å²) in [6.07, 6.45) is 0.918. The number of aromatic carboxylic acids is 1. The standard InChI is InChI=1S/C12H15FO4/c1-2-5-16-6-7-17-11-4-3-9(12(14)15)8-10(11)13/h3-4,8H,2,5-7H2,1H3,(H,14,15). The summed E-state index contributed by atoms with van der Waals surface area (Å²) < 4.78 is 23.6. The molecule has 0 aromatic heterocycles. The van der Waals surface area contributed by atoms with Crippen LogP contribution in [0.5, 0.6) is 5.75 Å². The molecule has 1 N–H and O–H groups in total. The number of hydrogen-bond donors (Lipinski definition) is 1. The minimum absolute atomic E-state index is 0.0371. The third-order valence-electron chi connectivity index (χ3n) is 2.01. The fourth-order valence-corrected chi connectivity index (χ4v) is 1.21. The Morgan fingerprint density at radius 1 is 1.35 bits per heavy atom. The van der Waals surface area contributed by atoms with Crippen molar-refractivity contribution in [1.29, 1.82) is 0 Å². The van der Waals surface area contributed by atoms with Crippen LogP contribution >= 0.6 is 0 Å². The quantitative estimate of drug-likeness (QED) is 0.745. The summed E-state index contributed by atoms with van der Waals surface area (Å²) in [5.41, 5.74) is -0.0999. The van der Waals surface area contributed by atoms with Gasteiger partial charge in [0.15, 0.2) is 11.6 Å². The van der Waals surface area contributed by atoms with Gasteiger partial charge < -0.3 is 14.6 Å². The van der Waals surface area contributed by atoms with Gasteiger partial charge in [0.05, 0.1) is 12.2 Å². The largest absolute Gasteiger partial charge is 0.488 e. The van der Waals surface area contributed by atoms with E-state index in [9.17, 15) is 9.18 Å². The van der Waals surface area contributed by atoms with Crippen molar-refractivity contribution < 1.29 is 23.8 Å². The summed E-state index contributed by atoms with van der Waals surface area (Å²) in [4.78, 5) is 10.6. The second kappa shape index (κ2) is 6.85. The topological polar surface area (TPSA) is 55.8 Å². The van der Waals surface area contributed by atoms with Crippen molar-refractivity contribution in [1.82, 2.24) is 0 Å². The lowest BCUT2D eigenvalue weighted by atomic mass is 10.2. The molecule has 0 fully saturated rings. The van der Waals surface area contributed by atoms with Crippen molar-refractivity contribution in [3.05, 3.63) is 29.6 Å². The zero-order chi connectivity index (χ0) is 12.7. The van der Waals surface area contributed by atoms with Gasteiger partial charge in [-0.05, 0) is 24.6 Å². The molecule has 5 heteroatoms.